The zero-order valence-electron chi connectivity index (χ0n) is 5.00. The molecule has 48 valence electrons. The molecule has 4 nitrogen and oxygen atoms in total. The molecule has 1 aliphatic rings. The van der Waals surface area contributed by atoms with E-state index in [9.17, 15) is 10.1 Å². The molecule has 0 atom stereocenters. The van der Waals surface area contributed by atoms with E-state index in [2.05, 4.69) is 4.99 Å². The summed E-state index contributed by atoms with van der Waals surface area (Å²) in [5.74, 6) is 0.00926. The molecule has 0 bridgehead atoms. The van der Waals surface area contributed by atoms with Crippen molar-refractivity contribution >= 4 is 6.21 Å². The zero-order chi connectivity index (χ0) is 6.85. The first kappa shape index (κ1) is 5.94. The summed E-state index contributed by atoms with van der Waals surface area (Å²) in [6, 6.07) is 0. The number of nitrogens with zero attached hydrogens (tertiary/aromatic N) is 2. The maximum absolute atomic E-state index is 10.0. The second-order valence-corrected chi connectivity index (χ2v) is 1.88. The summed E-state index contributed by atoms with van der Waals surface area (Å²) in [5, 5.41) is 10.0. The van der Waals surface area contributed by atoms with Crippen LogP contribution in [0, 0.1) is 10.1 Å². The quantitative estimate of drug-likeness (QED) is 0.388. The lowest BCUT2D eigenvalue weighted by atomic mass is 10.3. The molecule has 4 heteroatoms. The highest BCUT2D eigenvalue weighted by molar-refractivity contribution is 5.65. The van der Waals surface area contributed by atoms with Gasteiger partial charge in [0, 0.05) is 12.0 Å². The first-order valence-corrected chi connectivity index (χ1v) is 2.58. The third-order valence-corrected chi connectivity index (χ3v) is 1.17. The molecule has 0 aliphatic carbocycles. The third kappa shape index (κ3) is 0.960. The van der Waals surface area contributed by atoms with Gasteiger partial charge in [0.15, 0.2) is 0 Å². The van der Waals surface area contributed by atoms with Crippen LogP contribution in [-0.2, 0) is 0 Å². The van der Waals surface area contributed by atoms with Gasteiger partial charge in [0.25, 0.3) is 0 Å². The second kappa shape index (κ2) is 1.97. The average Bonchev–Trinajstić information content (AvgIpc) is 2.13. The Labute approximate surface area is 52.1 Å². The van der Waals surface area contributed by atoms with Gasteiger partial charge in [-0.15, -0.1) is 0 Å². The maximum atomic E-state index is 10.0. The molecule has 0 unspecified atom stereocenters. The Bertz CT molecular complexity index is 205. The Morgan fingerprint density at radius 2 is 2.56 bits per heavy atom. The van der Waals surface area contributed by atoms with Gasteiger partial charge in [-0.05, 0) is 11.8 Å². The molecule has 0 fully saturated rings. The van der Waals surface area contributed by atoms with Crippen LogP contribution in [0.25, 0.3) is 0 Å². The van der Waals surface area contributed by atoms with Crippen molar-refractivity contribution in [1.82, 2.24) is 0 Å². The molecule has 0 aromatic heterocycles. The van der Waals surface area contributed by atoms with E-state index in [1.807, 2.05) is 0 Å². The minimum Gasteiger partial charge on any atom is -0.358 e. The Hall–Kier alpha value is -1.19. The Kier molecular flexibility index (Phi) is 1.30. The number of hydrogen-bond acceptors (Lipinski definition) is 3. The molecule has 0 radical (unpaired) electrons. The summed E-state index contributed by atoms with van der Waals surface area (Å²) in [6.07, 6.45) is 2.17. The van der Waals surface area contributed by atoms with Crippen LogP contribution in [0.5, 0.6) is 0 Å². The molecule has 0 amide bonds. The van der Waals surface area contributed by atoms with Gasteiger partial charge in [-0.25, -0.2) is 0 Å². The summed E-state index contributed by atoms with van der Waals surface area (Å²) >= 11 is 0. The fourth-order valence-electron chi connectivity index (χ4n) is 0.674. The SMILES string of the molecule is CC1=C([N+](=O)[O-])N=CC1. The van der Waals surface area contributed by atoms with Gasteiger partial charge in [0.1, 0.15) is 6.21 Å². The van der Waals surface area contributed by atoms with Gasteiger partial charge < -0.3 is 10.1 Å². The van der Waals surface area contributed by atoms with Crippen molar-refractivity contribution in [2.45, 2.75) is 13.3 Å². The van der Waals surface area contributed by atoms with Crippen LogP contribution in [0.3, 0.4) is 0 Å². The molecule has 0 N–H and O–H groups in total. The molecule has 1 rings (SSSR count). The van der Waals surface area contributed by atoms with E-state index in [0.717, 1.165) is 5.57 Å². The lowest BCUT2D eigenvalue weighted by Gasteiger charge is -1.89. The fourth-order valence-corrected chi connectivity index (χ4v) is 0.674. The molecule has 1 aliphatic heterocycles. The lowest BCUT2D eigenvalue weighted by molar-refractivity contribution is -0.426. The van der Waals surface area contributed by atoms with Gasteiger partial charge in [0.2, 0.25) is 0 Å². The van der Waals surface area contributed by atoms with E-state index < -0.39 is 4.92 Å². The lowest BCUT2D eigenvalue weighted by Crippen LogP contribution is -1.94. The van der Waals surface area contributed by atoms with Crippen molar-refractivity contribution in [3.8, 4) is 0 Å². The third-order valence-electron chi connectivity index (χ3n) is 1.17. The van der Waals surface area contributed by atoms with Crippen molar-refractivity contribution in [3.05, 3.63) is 21.5 Å². The van der Waals surface area contributed by atoms with Gasteiger partial charge in [-0.3, -0.25) is 0 Å². The molecule has 1 heterocycles. The van der Waals surface area contributed by atoms with Crippen molar-refractivity contribution in [1.29, 1.82) is 0 Å². The van der Waals surface area contributed by atoms with Gasteiger partial charge in [-0.2, -0.15) is 0 Å². The molecular weight excluding hydrogens is 120 g/mol. The summed E-state index contributed by atoms with van der Waals surface area (Å²) in [7, 11) is 0. The number of aliphatic imine (C=N–C) groups is 1. The Morgan fingerprint density at radius 1 is 1.89 bits per heavy atom. The van der Waals surface area contributed by atoms with Crippen LogP contribution < -0.4 is 0 Å². The standard InChI is InChI=1S/C5H6N2O2/c1-4-2-3-6-5(4)7(8)9/h3H,2H2,1H3. The van der Waals surface area contributed by atoms with Crippen LogP contribution in [0.1, 0.15) is 13.3 Å². The molecule has 0 saturated heterocycles. The molecule has 0 spiro atoms. The van der Waals surface area contributed by atoms with E-state index in [1.165, 1.54) is 0 Å². The van der Waals surface area contributed by atoms with Crippen LogP contribution in [0.15, 0.2) is 16.4 Å². The Balaban J connectivity index is 2.89. The summed E-state index contributed by atoms with van der Waals surface area (Å²) in [5.41, 5.74) is 0.736. The van der Waals surface area contributed by atoms with Gasteiger partial charge in [0.05, 0.1) is 0 Å². The van der Waals surface area contributed by atoms with Crippen LogP contribution >= 0.6 is 0 Å². The number of allylic oxidation sites excluding steroid dienone is 1. The topological polar surface area (TPSA) is 55.5 Å². The minimum atomic E-state index is -0.459. The molecule has 0 aromatic carbocycles. The Morgan fingerprint density at radius 3 is 2.78 bits per heavy atom. The predicted octanol–water partition coefficient (Wildman–Crippen LogP) is 0.969. The highest BCUT2D eigenvalue weighted by Gasteiger charge is 2.17. The highest BCUT2D eigenvalue weighted by atomic mass is 16.6. The van der Waals surface area contributed by atoms with E-state index in [0.29, 0.717) is 6.42 Å². The summed E-state index contributed by atoms with van der Waals surface area (Å²) in [4.78, 5) is 13.2. The van der Waals surface area contributed by atoms with Crippen molar-refractivity contribution < 1.29 is 4.92 Å². The molecule has 0 aromatic rings. The van der Waals surface area contributed by atoms with Crippen LogP contribution in [-0.4, -0.2) is 11.1 Å². The number of rotatable bonds is 1. The highest BCUT2D eigenvalue weighted by Crippen LogP contribution is 2.14. The van der Waals surface area contributed by atoms with E-state index in [1.54, 1.807) is 13.1 Å². The first-order valence-electron chi connectivity index (χ1n) is 2.58. The smallest absolute Gasteiger partial charge is 0.358 e. The maximum Gasteiger partial charge on any atom is 0.362 e. The second-order valence-electron chi connectivity index (χ2n) is 1.88. The van der Waals surface area contributed by atoms with Crippen molar-refractivity contribution in [2.24, 2.45) is 4.99 Å². The molecular formula is C5H6N2O2. The monoisotopic (exact) mass is 126 g/mol. The van der Waals surface area contributed by atoms with Gasteiger partial charge >= 0.3 is 5.82 Å². The largest absolute Gasteiger partial charge is 0.362 e. The van der Waals surface area contributed by atoms with Crippen LogP contribution in [0.2, 0.25) is 0 Å². The molecule has 0 saturated carbocycles. The first-order chi connectivity index (χ1) is 4.22. The zero-order valence-corrected chi connectivity index (χ0v) is 5.00. The fraction of sp³-hybridized carbons (Fsp3) is 0.400. The van der Waals surface area contributed by atoms with E-state index in [4.69, 9.17) is 0 Å². The summed E-state index contributed by atoms with van der Waals surface area (Å²) in [6.45, 7) is 1.71. The van der Waals surface area contributed by atoms with Crippen molar-refractivity contribution in [3.63, 3.8) is 0 Å². The number of nitro groups is 1. The predicted molar refractivity (Wildman–Crippen MR) is 32.8 cm³/mol. The van der Waals surface area contributed by atoms with Gasteiger partial charge in [-0.1, -0.05) is 4.99 Å². The van der Waals surface area contributed by atoms with Crippen molar-refractivity contribution in [2.75, 3.05) is 0 Å². The minimum absolute atomic E-state index is 0.00926. The van der Waals surface area contributed by atoms with E-state index >= 15 is 0 Å². The number of hydrogen-bond donors (Lipinski definition) is 0. The van der Waals surface area contributed by atoms with E-state index in [-0.39, 0.29) is 5.82 Å². The summed E-state index contributed by atoms with van der Waals surface area (Å²) < 4.78 is 0. The normalized spacial score (nSPS) is 17.0. The van der Waals surface area contributed by atoms with Crippen LogP contribution in [0.4, 0.5) is 0 Å². The molecule has 9 heavy (non-hydrogen) atoms. The average molecular weight is 126 g/mol.